The fourth-order valence-electron chi connectivity index (χ4n) is 8.31. The number of hydrogen-bond donors (Lipinski definition) is 2. The summed E-state index contributed by atoms with van der Waals surface area (Å²) in [5.41, 5.74) is -4.17. The van der Waals surface area contributed by atoms with Gasteiger partial charge in [-0.2, -0.15) is 19.0 Å². The van der Waals surface area contributed by atoms with Crippen LogP contribution in [0.3, 0.4) is 0 Å². The number of sulfonamides is 1. The number of benzene rings is 3. The Bertz CT molecular complexity index is 3250. The minimum atomic E-state index is -3.97. The minimum absolute atomic E-state index is 0.00998. The van der Waals surface area contributed by atoms with Gasteiger partial charge in [0, 0.05) is 36.6 Å². The Hall–Kier alpha value is -6.42. The number of anilines is 1. The molecule has 1 amide bonds. The van der Waals surface area contributed by atoms with Gasteiger partial charge in [-0.25, -0.2) is 44.7 Å². The predicted molar refractivity (Wildman–Crippen MR) is 211 cm³/mol. The number of hydrogen-bond acceptors (Lipinski definition) is 8. The average Bonchev–Trinajstić information content (AvgIpc) is 3.74. The Morgan fingerprint density at radius 2 is 1.73 bits per heavy atom. The molecule has 4 heterocycles. The number of amides is 1. The first kappa shape index (κ1) is 41.9. The van der Waals surface area contributed by atoms with Crippen LogP contribution >= 0.6 is 11.6 Å². The first-order valence-corrected chi connectivity index (χ1v) is 21.0. The highest BCUT2D eigenvalue weighted by Gasteiger charge is 2.67. The number of halogens is 9. The molecule has 1 fully saturated rings. The summed E-state index contributed by atoms with van der Waals surface area (Å²) in [6.07, 6.45) is -3.02. The molecule has 2 aliphatic rings. The Morgan fingerprint density at radius 3 is 2.43 bits per heavy atom. The topological polar surface area (TPSA) is 159 Å². The van der Waals surface area contributed by atoms with Crippen LogP contribution in [0.5, 0.6) is 0 Å². The van der Waals surface area contributed by atoms with E-state index in [0.717, 1.165) is 29.0 Å². The molecule has 23 heteroatoms. The third kappa shape index (κ3) is 7.23. The molecule has 63 heavy (non-hydrogen) atoms. The van der Waals surface area contributed by atoms with Crippen LogP contribution in [0, 0.1) is 29.2 Å². The van der Waals surface area contributed by atoms with E-state index in [4.69, 9.17) is 11.6 Å². The summed E-state index contributed by atoms with van der Waals surface area (Å²) in [5.74, 6) is -12.2. The van der Waals surface area contributed by atoms with Gasteiger partial charge in [0.1, 0.15) is 35.4 Å². The third-order valence-electron chi connectivity index (χ3n) is 10.9. The van der Waals surface area contributed by atoms with Gasteiger partial charge in [0.15, 0.2) is 23.1 Å². The van der Waals surface area contributed by atoms with Gasteiger partial charge < -0.3 is 5.32 Å². The highest BCUT2D eigenvalue weighted by atomic mass is 35.5. The molecule has 13 nitrogen and oxygen atoms in total. The number of nitrogens with one attached hydrogen (secondary N) is 2. The second kappa shape index (κ2) is 14.9. The van der Waals surface area contributed by atoms with Crippen molar-refractivity contribution < 1.29 is 48.3 Å². The molecule has 0 spiro atoms. The number of carbonyl (C=O) groups excluding carboxylic acids is 1. The van der Waals surface area contributed by atoms with Crippen LogP contribution in [0.1, 0.15) is 53.1 Å². The smallest absolute Gasteiger partial charge is 0.293 e. The molecule has 2 unspecified atom stereocenters. The van der Waals surface area contributed by atoms with Crippen LogP contribution in [0.15, 0.2) is 65.5 Å². The normalized spacial score (nSPS) is 17.0. The molecule has 1 saturated carbocycles. The minimum Gasteiger partial charge on any atom is -0.344 e. The lowest BCUT2D eigenvalue weighted by Crippen LogP contribution is -2.38. The molecule has 3 aromatic carbocycles. The highest BCUT2D eigenvalue weighted by Crippen LogP contribution is 2.68. The molecule has 3 atom stereocenters. The molecule has 9 rings (SSSR count). The summed E-state index contributed by atoms with van der Waals surface area (Å²) in [6.45, 7) is -1.06. The van der Waals surface area contributed by atoms with E-state index in [1.807, 2.05) is 0 Å². The highest BCUT2D eigenvalue weighted by molar-refractivity contribution is 7.92. The first-order chi connectivity index (χ1) is 29.7. The molecule has 2 N–H and O–H groups in total. The van der Waals surface area contributed by atoms with E-state index < -0.39 is 111 Å². The van der Waals surface area contributed by atoms with Crippen molar-refractivity contribution >= 4 is 55.3 Å². The summed E-state index contributed by atoms with van der Waals surface area (Å²) >= 11 is 6.58. The Labute approximate surface area is 354 Å². The number of pyridine rings is 1. The molecule has 4 aromatic heterocycles. The van der Waals surface area contributed by atoms with Crippen molar-refractivity contribution in [1.82, 2.24) is 39.4 Å². The van der Waals surface area contributed by atoms with E-state index in [1.54, 1.807) is 0 Å². The maximum absolute atomic E-state index is 15.5. The summed E-state index contributed by atoms with van der Waals surface area (Å²) in [6, 6.07) is 9.04. The van der Waals surface area contributed by atoms with E-state index in [1.165, 1.54) is 48.1 Å². The lowest BCUT2D eigenvalue weighted by atomic mass is 10.0. The summed E-state index contributed by atoms with van der Waals surface area (Å²) in [4.78, 5) is 38.0. The van der Waals surface area contributed by atoms with Crippen LogP contribution in [-0.2, 0) is 40.8 Å². The van der Waals surface area contributed by atoms with Gasteiger partial charge in [-0.1, -0.05) is 17.7 Å². The first-order valence-electron chi connectivity index (χ1n) is 18.7. The monoisotopic (exact) mass is 917 g/mol. The molecule has 0 radical (unpaired) electrons. The van der Waals surface area contributed by atoms with Crippen LogP contribution in [0.4, 0.5) is 40.9 Å². The van der Waals surface area contributed by atoms with Gasteiger partial charge in [0.25, 0.3) is 17.9 Å². The molecule has 0 saturated heterocycles. The molecule has 0 aliphatic heterocycles. The van der Waals surface area contributed by atoms with Crippen molar-refractivity contribution in [3.63, 3.8) is 0 Å². The fraction of sp³-hybridized carbons (Fsp3) is 0.250. The molecule has 7 aromatic rings. The lowest BCUT2D eigenvalue weighted by molar-refractivity contribution is -0.123. The van der Waals surface area contributed by atoms with Crippen LogP contribution in [-0.4, -0.2) is 54.7 Å². The van der Waals surface area contributed by atoms with E-state index in [9.17, 15) is 40.0 Å². The molecule has 326 valence electrons. The standard InChI is InChI=1S/C40H28ClF8N9O4S/c1-56-33-27(9-7-23(41)30(33)37(54-56)55-63(2,61)62)58-38(52-36-20(39(58)60)6-8-25(51-36)19-4-3-5-24(44)31(19)45)26(12-16-10-17(42)13-18(43)11-16)50-28(59)15-57-34-29(32(53-57)35(46)47)21-14-22(21)40(34,48)49/h3-11,13,21-22,26,35H,12,14-15H2,1-2H3,(H,50,59)(H,54,55)/t21?,22?,26-/m0/s1. The quantitative estimate of drug-likeness (QED) is 0.128. The van der Waals surface area contributed by atoms with Crippen LogP contribution in [0.25, 0.3) is 38.9 Å². The fourth-order valence-corrected chi connectivity index (χ4v) is 9.05. The Balaban J connectivity index is 1.27. The number of aryl methyl sites for hydroxylation is 1. The van der Waals surface area contributed by atoms with E-state index >= 15 is 13.2 Å². The van der Waals surface area contributed by atoms with Crippen molar-refractivity contribution in [2.24, 2.45) is 13.0 Å². The van der Waals surface area contributed by atoms with Gasteiger partial charge in [-0.3, -0.25) is 28.2 Å². The second-order valence-corrected chi connectivity index (χ2v) is 17.4. The van der Waals surface area contributed by atoms with Crippen LogP contribution < -0.4 is 15.6 Å². The third-order valence-corrected chi connectivity index (χ3v) is 11.8. The summed E-state index contributed by atoms with van der Waals surface area (Å²) in [7, 11) is -2.58. The average molecular weight is 918 g/mol. The molecule has 2 aliphatic carbocycles. The van der Waals surface area contributed by atoms with Gasteiger partial charge in [0.2, 0.25) is 15.9 Å². The zero-order valence-electron chi connectivity index (χ0n) is 32.3. The van der Waals surface area contributed by atoms with Crippen LogP contribution in [0.2, 0.25) is 5.02 Å². The number of rotatable bonds is 11. The van der Waals surface area contributed by atoms with Gasteiger partial charge in [-0.05, 0) is 66.4 Å². The van der Waals surface area contributed by atoms with E-state index in [-0.39, 0.29) is 61.6 Å². The molecular weight excluding hydrogens is 890 g/mol. The molecular formula is C40H28ClF8N9O4S. The van der Waals surface area contributed by atoms with Gasteiger partial charge in [-0.15, -0.1) is 0 Å². The predicted octanol–water partition coefficient (Wildman–Crippen LogP) is 7.36. The largest absolute Gasteiger partial charge is 0.344 e. The van der Waals surface area contributed by atoms with E-state index in [2.05, 4.69) is 30.2 Å². The molecule has 0 bridgehead atoms. The number of alkyl halides is 4. The van der Waals surface area contributed by atoms with E-state index in [0.29, 0.717) is 10.7 Å². The number of aromatic nitrogens is 7. The number of fused-ring (bicyclic) bond motifs is 5. The SMILES string of the molecule is Cn1nc(NS(C)(=O)=O)c2c(Cl)ccc(-n3c([C@H](Cc4cc(F)cc(F)c4)NC(=O)Cn4nc(C(F)F)c5c4C(F)(F)C4CC54)nc4nc(-c5cccc(F)c5F)ccc4c3=O)c21. The maximum Gasteiger partial charge on any atom is 0.293 e. The zero-order valence-corrected chi connectivity index (χ0v) is 33.9. The Morgan fingerprint density at radius 1 is 1.00 bits per heavy atom. The van der Waals surface area contributed by atoms with Crippen molar-refractivity contribution in [3.05, 3.63) is 128 Å². The van der Waals surface area contributed by atoms with Crippen molar-refractivity contribution in [2.45, 2.75) is 43.7 Å². The second-order valence-electron chi connectivity index (χ2n) is 15.2. The summed E-state index contributed by atoms with van der Waals surface area (Å²) in [5, 5.41) is 10.2. The Kier molecular flexibility index (Phi) is 9.88. The van der Waals surface area contributed by atoms with Gasteiger partial charge in [0.05, 0.1) is 45.0 Å². The maximum atomic E-state index is 15.5. The van der Waals surface area contributed by atoms with Crippen molar-refractivity contribution in [3.8, 4) is 16.9 Å². The number of carbonyl (C=O) groups is 1. The van der Waals surface area contributed by atoms with Gasteiger partial charge >= 0.3 is 0 Å². The van der Waals surface area contributed by atoms with Crippen molar-refractivity contribution in [1.29, 1.82) is 0 Å². The summed E-state index contributed by atoms with van der Waals surface area (Å²) < 4.78 is 148. The lowest BCUT2D eigenvalue weighted by Gasteiger charge is -2.24. The number of nitrogens with zero attached hydrogens (tertiary/aromatic N) is 7. The zero-order chi connectivity index (χ0) is 45.0. The van der Waals surface area contributed by atoms with Crippen molar-refractivity contribution in [2.75, 3.05) is 11.0 Å².